The average molecular weight is 327 g/mol. The molecule has 1 aromatic rings. The van der Waals surface area contributed by atoms with Gasteiger partial charge in [0.05, 0.1) is 5.02 Å². The molecule has 2 rings (SSSR count). The second-order valence-electron chi connectivity index (χ2n) is 5.98. The molecule has 1 aliphatic heterocycles. The molecule has 1 amide bonds. The van der Waals surface area contributed by atoms with E-state index in [2.05, 4.69) is 4.90 Å². The maximum absolute atomic E-state index is 12.3. The van der Waals surface area contributed by atoms with Crippen molar-refractivity contribution >= 4 is 17.5 Å². The second kappa shape index (κ2) is 7.81. The summed E-state index contributed by atoms with van der Waals surface area (Å²) in [5, 5.41) is 9.98. The van der Waals surface area contributed by atoms with Crippen LogP contribution < -0.4 is 4.74 Å². The van der Waals surface area contributed by atoms with E-state index in [-0.39, 0.29) is 25.0 Å². The van der Waals surface area contributed by atoms with Gasteiger partial charge in [-0.25, -0.2) is 0 Å². The van der Waals surface area contributed by atoms with Crippen molar-refractivity contribution < 1.29 is 14.6 Å². The van der Waals surface area contributed by atoms with Crippen LogP contribution in [0.4, 0.5) is 0 Å². The van der Waals surface area contributed by atoms with Gasteiger partial charge in [-0.1, -0.05) is 23.7 Å². The lowest BCUT2D eigenvalue weighted by atomic mass is 9.97. The van der Waals surface area contributed by atoms with Gasteiger partial charge in [0.15, 0.2) is 6.61 Å². The lowest BCUT2D eigenvalue weighted by Gasteiger charge is -2.20. The molecule has 2 atom stereocenters. The van der Waals surface area contributed by atoms with Crippen LogP contribution in [-0.2, 0) is 4.79 Å². The summed E-state index contributed by atoms with van der Waals surface area (Å²) in [5.74, 6) is 0.871. The van der Waals surface area contributed by atoms with Crippen LogP contribution in [0.5, 0.6) is 5.75 Å². The molecule has 1 heterocycles. The molecule has 0 aliphatic carbocycles. The third-order valence-corrected chi connectivity index (χ3v) is 4.26. The quantitative estimate of drug-likeness (QED) is 0.857. The number of rotatable bonds is 6. The Morgan fingerprint density at radius 2 is 2.05 bits per heavy atom. The minimum Gasteiger partial charge on any atom is -0.482 e. The number of hydrogen-bond acceptors (Lipinski definition) is 4. The van der Waals surface area contributed by atoms with E-state index in [0.29, 0.717) is 29.8 Å². The van der Waals surface area contributed by atoms with Crippen LogP contribution in [0.3, 0.4) is 0 Å². The first-order valence-corrected chi connectivity index (χ1v) is 7.79. The van der Waals surface area contributed by atoms with Crippen LogP contribution in [-0.4, -0.2) is 67.8 Å². The van der Waals surface area contributed by atoms with Crippen molar-refractivity contribution in [3.05, 3.63) is 29.3 Å². The summed E-state index contributed by atoms with van der Waals surface area (Å²) in [6.07, 6.45) is 0. The Morgan fingerprint density at radius 3 is 2.68 bits per heavy atom. The highest BCUT2D eigenvalue weighted by atomic mass is 35.5. The largest absolute Gasteiger partial charge is 0.482 e. The number of hydrogen-bond donors (Lipinski definition) is 1. The highest BCUT2D eigenvalue weighted by Crippen LogP contribution is 2.25. The molecule has 22 heavy (non-hydrogen) atoms. The van der Waals surface area contributed by atoms with E-state index >= 15 is 0 Å². The normalized spacial score (nSPS) is 21.4. The number of amides is 1. The zero-order chi connectivity index (χ0) is 16.1. The molecule has 1 aliphatic rings. The van der Waals surface area contributed by atoms with Crippen molar-refractivity contribution in [1.29, 1.82) is 0 Å². The zero-order valence-corrected chi connectivity index (χ0v) is 13.8. The predicted molar refractivity (Wildman–Crippen MR) is 86.1 cm³/mol. The summed E-state index contributed by atoms with van der Waals surface area (Å²) in [5.41, 5.74) is 0. The predicted octanol–water partition coefficient (Wildman–Crippen LogP) is 1.35. The van der Waals surface area contributed by atoms with E-state index in [1.54, 1.807) is 17.0 Å². The number of benzene rings is 1. The third-order valence-electron chi connectivity index (χ3n) is 3.95. The van der Waals surface area contributed by atoms with Crippen LogP contribution in [0.15, 0.2) is 24.3 Å². The summed E-state index contributed by atoms with van der Waals surface area (Å²) in [6, 6.07) is 7.10. The van der Waals surface area contributed by atoms with Crippen LogP contribution in [0.25, 0.3) is 0 Å². The van der Waals surface area contributed by atoms with E-state index in [1.807, 2.05) is 26.2 Å². The SMILES string of the molecule is CN(C)C[C@@H]1CN(C(=O)COc2ccccc2Cl)C[C@@H]1CO. The van der Waals surface area contributed by atoms with Gasteiger partial charge in [0.25, 0.3) is 5.91 Å². The molecule has 1 saturated heterocycles. The summed E-state index contributed by atoms with van der Waals surface area (Å²) in [4.78, 5) is 16.1. The first-order valence-electron chi connectivity index (χ1n) is 7.42. The fourth-order valence-electron chi connectivity index (χ4n) is 2.82. The average Bonchev–Trinajstić information content (AvgIpc) is 2.88. The van der Waals surface area contributed by atoms with Gasteiger partial charge in [0.1, 0.15) is 5.75 Å². The van der Waals surface area contributed by atoms with E-state index in [1.165, 1.54) is 0 Å². The summed E-state index contributed by atoms with van der Waals surface area (Å²) < 4.78 is 5.50. The lowest BCUT2D eigenvalue weighted by molar-refractivity contribution is -0.132. The van der Waals surface area contributed by atoms with Gasteiger partial charge in [-0.3, -0.25) is 4.79 Å². The lowest BCUT2D eigenvalue weighted by Crippen LogP contribution is -2.34. The van der Waals surface area contributed by atoms with E-state index in [0.717, 1.165) is 6.54 Å². The van der Waals surface area contributed by atoms with Gasteiger partial charge >= 0.3 is 0 Å². The fourth-order valence-corrected chi connectivity index (χ4v) is 3.01. The van der Waals surface area contributed by atoms with Gasteiger partial charge in [-0.2, -0.15) is 0 Å². The first-order chi connectivity index (χ1) is 10.5. The van der Waals surface area contributed by atoms with E-state index < -0.39 is 0 Å². The maximum Gasteiger partial charge on any atom is 0.260 e. The fraction of sp³-hybridized carbons (Fsp3) is 0.562. The maximum atomic E-state index is 12.3. The Balaban J connectivity index is 1.89. The number of halogens is 1. The molecule has 5 nitrogen and oxygen atoms in total. The van der Waals surface area contributed by atoms with Crippen molar-refractivity contribution in [3.63, 3.8) is 0 Å². The molecule has 0 spiro atoms. The molecule has 0 bridgehead atoms. The standard InChI is InChI=1S/C16H23ClN2O3/c1-18(2)7-12-8-19(9-13(12)10-20)16(21)11-22-15-6-4-3-5-14(15)17/h3-6,12-13,20H,7-11H2,1-2H3/t12-,13-/m1/s1. The second-order valence-corrected chi connectivity index (χ2v) is 6.39. The molecule has 1 aromatic carbocycles. The Hall–Kier alpha value is -1.30. The van der Waals surface area contributed by atoms with Gasteiger partial charge in [0, 0.05) is 32.2 Å². The van der Waals surface area contributed by atoms with Crippen LogP contribution in [0.1, 0.15) is 0 Å². The first kappa shape index (κ1) is 17.1. The van der Waals surface area contributed by atoms with Crippen LogP contribution >= 0.6 is 11.6 Å². The smallest absolute Gasteiger partial charge is 0.260 e. The van der Waals surface area contributed by atoms with Crippen LogP contribution in [0, 0.1) is 11.8 Å². The Kier molecular flexibility index (Phi) is 6.06. The zero-order valence-electron chi connectivity index (χ0n) is 13.0. The minimum atomic E-state index is -0.0698. The third kappa shape index (κ3) is 4.35. The summed E-state index contributed by atoms with van der Waals surface area (Å²) >= 11 is 6.00. The molecule has 1 fully saturated rings. The molecule has 1 N–H and O–H groups in total. The molecule has 6 heteroatoms. The molecule has 0 radical (unpaired) electrons. The molecule has 0 aromatic heterocycles. The highest BCUT2D eigenvalue weighted by molar-refractivity contribution is 6.32. The Morgan fingerprint density at radius 1 is 1.36 bits per heavy atom. The topological polar surface area (TPSA) is 53.0 Å². The number of nitrogens with zero attached hydrogens (tertiary/aromatic N) is 2. The number of likely N-dealkylation sites (tertiary alicyclic amines) is 1. The number of aliphatic hydroxyl groups excluding tert-OH is 1. The van der Waals surface area contributed by atoms with Crippen LogP contribution in [0.2, 0.25) is 5.02 Å². The summed E-state index contributed by atoms with van der Waals surface area (Å²) in [6.45, 7) is 2.18. The highest BCUT2D eigenvalue weighted by Gasteiger charge is 2.35. The van der Waals surface area contributed by atoms with E-state index in [9.17, 15) is 9.90 Å². The molecule has 0 saturated carbocycles. The molecular weight excluding hydrogens is 304 g/mol. The van der Waals surface area contributed by atoms with E-state index in [4.69, 9.17) is 16.3 Å². The van der Waals surface area contributed by atoms with Crippen molar-refractivity contribution in [1.82, 2.24) is 9.80 Å². The number of para-hydroxylation sites is 1. The van der Waals surface area contributed by atoms with Crippen molar-refractivity contribution in [2.24, 2.45) is 11.8 Å². The van der Waals surface area contributed by atoms with Crippen molar-refractivity contribution in [3.8, 4) is 5.75 Å². The number of carbonyl (C=O) groups excluding carboxylic acids is 1. The number of ether oxygens (including phenoxy) is 1. The minimum absolute atomic E-state index is 0.0312. The Bertz CT molecular complexity index is 510. The van der Waals surface area contributed by atoms with Gasteiger partial charge in [0.2, 0.25) is 0 Å². The van der Waals surface area contributed by atoms with Gasteiger partial charge < -0.3 is 19.6 Å². The summed E-state index contributed by atoms with van der Waals surface area (Å²) in [7, 11) is 4.00. The van der Waals surface area contributed by atoms with Crippen molar-refractivity contribution in [2.75, 3.05) is 46.9 Å². The Labute approximate surface area is 136 Å². The molecule has 0 unspecified atom stereocenters. The van der Waals surface area contributed by atoms with Gasteiger partial charge in [-0.15, -0.1) is 0 Å². The number of aliphatic hydroxyl groups is 1. The van der Waals surface area contributed by atoms with Gasteiger partial charge in [-0.05, 0) is 32.1 Å². The molecule has 122 valence electrons. The monoisotopic (exact) mass is 326 g/mol. The van der Waals surface area contributed by atoms with Crippen molar-refractivity contribution in [2.45, 2.75) is 0 Å². The number of carbonyl (C=O) groups is 1. The molecular formula is C16H23ClN2O3.